The summed E-state index contributed by atoms with van der Waals surface area (Å²) < 4.78 is 1.88. The Labute approximate surface area is 145 Å². The minimum absolute atomic E-state index is 0.319. The number of carbonyl (C=O) groups excluding carboxylic acids is 1. The maximum atomic E-state index is 13.0. The summed E-state index contributed by atoms with van der Waals surface area (Å²) >= 11 is 0. The predicted molar refractivity (Wildman–Crippen MR) is 94.6 cm³/mol. The van der Waals surface area contributed by atoms with Crippen LogP contribution in [0.4, 0.5) is 0 Å². The number of rotatable bonds is 2. The number of aryl methyl sites for hydroxylation is 1. The molecule has 0 unspecified atom stereocenters. The molecule has 1 aromatic rings. The number of fused-ring (bicyclic) bond motifs is 1. The number of piperidine rings is 1. The van der Waals surface area contributed by atoms with E-state index in [-0.39, 0.29) is 0 Å². The minimum Gasteiger partial charge on any atom is -0.342 e. The molecule has 4 rings (SSSR count). The molecule has 1 amide bonds. The summed E-state index contributed by atoms with van der Waals surface area (Å²) in [5, 5.41) is 4.29. The largest absolute Gasteiger partial charge is 0.342 e. The van der Waals surface area contributed by atoms with Gasteiger partial charge in [-0.15, -0.1) is 0 Å². The molecule has 1 aliphatic heterocycles. The van der Waals surface area contributed by atoms with E-state index in [1.165, 1.54) is 44.1 Å². The van der Waals surface area contributed by atoms with Gasteiger partial charge in [-0.2, -0.15) is 5.10 Å². The Bertz CT molecular complexity index is 573. The van der Waals surface area contributed by atoms with Gasteiger partial charge in [-0.1, -0.05) is 25.7 Å². The highest BCUT2D eigenvalue weighted by Crippen LogP contribution is 2.43. The Morgan fingerprint density at radius 1 is 1.04 bits per heavy atom. The van der Waals surface area contributed by atoms with Gasteiger partial charge in [0.05, 0.1) is 6.20 Å². The molecule has 24 heavy (non-hydrogen) atoms. The molecule has 3 atom stereocenters. The van der Waals surface area contributed by atoms with E-state index in [1.807, 2.05) is 17.9 Å². The maximum absolute atomic E-state index is 13.0. The second kappa shape index (κ2) is 6.89. The molecule has 3 aliphatic rings. The van der Waals surface area contributed by atoms with Crippen LogP contribution < -0.4 is 0 Å². The fourth-order valence-corrected chi connectivity index (χ4v) is 5.44. The van der Waals surface area contributed by atoms with Gasteiger partial charge >= 0.3 is 0 Å². The van der Waals surface area contributed by atoms with Gasteiger partial charge in [0.25, 0.3) is 0 Å². The van der Waals surface area contributed by atoms with Crippen LogP contribution in [0.1, 0.15) is 69.3 Å². The topological polar surface area (TPSA) is 38.1 Å². The number of hydrogen-bond acceptors (Lipinski definition) is 2. The summed E-state index contributed by atoms with van der Waals surface area (Å²) in [6, 6.07) is 0. The van der Waals surface area contributed by atoms with Crippen molar-refractivity contribution < 1.29 is 4.79 Å². The maximum Gasteiger partial charge on any atom is 0.225 e. The van der Waals surface area contributed by atoms with Crippen LogP contribution in [0.2, 0.25) is 0 Å². The molecule has 0 bridgehead atoms. The lowest BCUT2D eigenvalue weighted by Gasteiger charge is -2.41. The van der Waals surface area contributed by atoms with E-state index in [0.29, 0.717) is 17.7 Å². The van der Waals surface area contributed by atoms with Crippen molar-refractivity contribution in [2.24, 2.45) is 24.8 Å². The van der Waals surface area contributed by atoms with Crippen LogP contribution in [0.5, 0.6) is 0 Å². The second-order valence-electron chi connectivity index (χ2n) is 8.36. The van der Waals surface area contributed by atoms with E-state index in [2.05, 4.69) is 16.2 Å². The van der Waals surface area contributed by atoms with Crippen molar-refractivity contribution in [2.45, 2.75) is 63.7 Å². The van der Waals surface area contributed by atoms with E-state index in [0.717, 1.165) is 44.2 Å². The van der Waals surface area contributed by atoms with Gasteiger partial charge in [-0.3, -0.25) is 9.48 Å². The van der Waals surface area contributed by atoms with E-state index < -0.39 is 0 Å². The van der Waals surface area contributed by atoms with Crippen molar-refractivity contribution in [3.05, 3.63) is 18.0 Å². The summed E-state index contributed by atoms with van der Waals surface area (Å²) in [5.41, 5.74) is 1.34. The highest BCUT2D eigenvalue weighted by Gasteiger charge is 2.37. The van der Waals surface area contributed by atoms with E-state index >= 15 is 0 Å². The molecule has 2 aliphatic carbocycles. The normalized spacial score (nSPS) is 31.7. The van der Waals surface area contributed by atoms with Crippen molar-refractivity contribution >= 4 is 5.91 Å². The minimum atomic E-state index is 0.319. The average Bonchev–Trinajstić information content (AvgIpc) is 3.07. The number of likely N-dealkylation sites (tertiary alicyclic amines) is 1. The van der Waals surface area contributed by atoms with Gasteiger partial charge in [-0.25, -0.2) is 0 Å². The van der Waals surface area contributed by atoms with Crippen LogP contribution in [0.3, 0.4) is 0 Å². The molecule has 1 saturated heterocycles. The Morgan fingerprint density at radius 2 is 1.79 bits per heavy atom. The number of amides is 1. The quantitative estimate of drug-likeness (QED) is 0.829. The van der Waals surface area contributed by atoms with Crippen LogP contribution in [0.25, 0.3) is 0 Å². The SMILES string of the molecule is Cn1cc(C2CCN(C(=O)[C@@H]3CC[C@H]4CCCC[C@H]4C3)CC2)cn1. The Kier molecular flexibility index (Phi) is 4.64. The molecule has 3 fully saturated rings. The summed E-state index contributed by atoms with van der Waals surface area (Å²) in [6.07, 6.45) is 15.5. The molecule has 0 aromatic carbocycles. The zero-order valence-electron chi connectivity index (χ0n) is 15.0. The number of carbonyl (C=O) groups is 1. The molecule has 4 nitrogen and oxygen atoms in total. The van der Waals surface area contributed by atoms with Crippen molar-refractivity contribution in [3.8, 4) is 0 Å². The van der Waals surface area contributed by atoms with Gasteiger partial charge in [-0.05, 0) is 55.4 Å². The third-order valence-electron chi connectivity index (χ3n) is 6.89. The molecule has 0 radical (unpaired) electrons. The van der Waals surface area contributed by atoms with Crippen LogP contribution in [-0.4, -0.2) is 33.7 Å². The lowest BCUT2D eigenvalue weighted by Crippen LogP contribution is -2.43. The molecule has 2 heterocycles. The molecule has 1 aromatic heterocycles. The number of hydrogen-bond donors (Lipinski definition) is 0. The lowest BCUT2D eigenvalue weighted by atomic mass is 9.67. The summed E-state index contributed by atoms with van der Waals surface area (Å²) in [4.78, 5) is 15.2. The summed E-state index contributed by atoms with van der Waals surface area (Å²) in [5.74, 6) is 3.13. The first-order valence-corrected chi connectivity index (χ1v) is 9.98. The van der Waals surface area contributed by atoms with Crippen LogP contribution in [0, 0.1) is 17.8 Å². The fourth-order valence-electron chi connectivity index (χ4n) is 5.44. The Morgan fingerprint density at radius 3 is 2.50 bits per heavy atom. The van der Waals surface area contributed by atoms with Crippen molar-refractivity contribution in [1.82, 2.24) is 14.7 Å². The molecule has 2 saturated carbocycles. The van der Waals surface area contributed by atoms with Gasteiger partial charge < -0.3 is 4.90 Å². The molecule has 0 spiro atoms. The Balaban J connectivity index is 1.31. The first kappa shape index (κ1) is 16.2. The van der Waals surface area contributed by atoms with Gasteiger partial charge in [0, 0.05) is 32.3 Å². The second-order valence-corrected chi connectivity index (χ2v) is 8.36. The van der Waals surface area contributed by atoms with E-state index in [1.54, 1.807) is 0 Å². The van der Waals surface area contributed by atoms with Crippen LogP contribution >= 0.6 is 0 Å². The van der Waals surface area contributed by atoms with Crippen molar-refractivity contribution in [3.63, 3.8) is 0 Å². The number of aromatic nitrogens is 2. The van der Waals surface area contributed by atoms with Crippen LogP contribution in [0.15, 0.2) is 12.4 Å². The van der Waals surface area contributed by atoms with Gasteiger partial charge in [0.2, 0.25) is 5.91 Å². The van der Waals surface area contributed by atoms with E-state index in [4.69, 9.17) is 0 Å². The zero-order chi connectivity index (χ0) is 16.5. The lowest BCUT2D eigenvalue weighted by molar-refractivity contribution is -0.139. The molecular formula is C20H31N3O. The molecule has 0 N–H and O–H groups in total. The summed E-state index contributed by atoms with van der Waals surface area (Å²) in [7, 11) is 1.98. The van der Waals surface area contributed by atoms with Crippen LogP contribution in [-0.2, 0) is 11.8 Å². The van der Waals surface area contributed by atoms with Crippen molar-refractivity contribution in [1.29, 1.82) is 0 Å². The number of nitrogens with zero attached hydrogens (tertiary/aromatic N) is 3. The average molecular weight is 329 g/mol. The third kappa shape index (κ3) is 3.25. The predicted octanol–water partition coefficient (Wildman–Crippen LogP) is 3.73. The zero-order valence-corrected chi connectivity index (χ0v) is 15.0. The van der Waals surface area contributed by atoms with E-state index in [9.17, 15) is 4.79 Å². The standard InChI is InChI=1S/C20H31N3O/c1-22-14-19(13-21-22)16-8-10-23(11-9-16)20(24)18-7-6-15-4-2-3-5-17(15)12-18/h13-18H,2-12H2,1H3/t15-,17+,18-/m1/s1. The molecule has 4 heteroatoms. The highest BCUT2D eigenvalue weighted by molar-refractivity contribution is 5.79. The molecular weight excluding hydrogens is 298 g/mol. The Hall–Kier alpha value is -1.32. The van der Waals surface area contributed by atoms with Crippen molar-refractivity contribution in [2.75, 3.05) is 13.1 Å². The fraction of sp³-hybridized carbons (Fsp3) is 0.800. The summed E-state index contributed by atoms with van der Waals surface area (Å²) in [6.45, 7) is 1.87. The first-order chi connectivity index (χ1) is 11.7. The van der Waals surface area contributed by atoms with Gasteiger partial charge in [0.15, 0.2) is 0 Å². The highest BCUT2D eigenvalue weighted by atomic mass is 16.2. The monoisotopic (exact) mass is 329 g/mol. The smallest absolute Gasteiger partial charge is 0.225 e. The van der Waals surface area contributed by atoms with Gasteiger partial charge in [0.1, 0.15) is 0 Å². The first-order valence-electron chi connectivity index (χ1n) is 9.98. The third-order valence-corrected chi connectivity index (χ3v) is 6.89. The molecule has 132 valence electrons.